The van der Waals surface area contributed by atoms with Crippen molar-refractivity contribution in [2.75, 3.05) is 31.2 Å². The molecule has 0 N–H and O–H groups in total. The molecule has 1 aliphatic heterocycles. The predicted octanol–water partition coefficient (Wildman–Crippen LogP) is 3.66. The molecule has 3 rings (SSSR count). The number of halogens is 1. The highest BCUT2D eigenvalue weighted by atomic mass is 35.5. The molecule has 0 atom stereocenters. The van der Waals surface area contributed by atoms with Crippen molar-refractivity contribution in [2.24, 2.45) is 5.92 Å². The fraction of sp³-hybridized carbons (Fsp3) is 0.526. The number of ether oxygens (including phenoxy) is 2. The van der Waals surface area contributed by atoms with Crippen LogP contribution in [0.2, 0.25) is 0 Å². The average molecular weight is 396 g/mol. The van der Waals surface area contributed by atoms with Gasteiger partial charge in [-0.3, -0.25) is 0 Å². The summed E-state index contributed by atoms with van der Waals surface area (Å²) in [6.07, 6.45) is 3.19. The second kappa shape index (κ2) is 10.2. The Morgan fingerprint density at radius 1 is 1.22 bits per heavy atom. The number of aromatic nitrogens is 2. The van der Waals surface area contributed by atoms with E-state index >= 15 is 0 Å². The summed E-state index contributed by atoms with van der Waals surface area (Å²) in [7, 11) is 0. The molecule has 2 heterocycles. The molecule has 0 aliphatic carbocycles. The van der Waals surface area contributed by atoms with Gasteiger partial charge in [-0.2, -0.15) is 0 Å². The second-order valence-corrected chi connectivity index (χ2v) is 6.42. The number of aryl methyl sites for hydroxylation is 1. The Balaban J connectivity index is 0.00000261. The lowest BCUT2D eigenvalue weighted by atomic mass is 9.94. The number of rotatable bonds is 7. The maximum Gasteiger partial charge on any atom is 0.338 e. The highest BCUT2D eigenvalue weighted by molar-refractivity contribution is 5.89. The number of esters is 1. The largest absolute Gasteiger partial charge is 0.494 e. The number of carbonyl (C=O) groups is 1. The van der Waals surface area contributed by atoms with Crippen LogP contribution in [0.5, 0.6) is 5.75 Å². The van der Waals surface area contributed by atoms with Gasteiger partial charge in [-0.05, 0) is 56.4 Å². The van der Waals surface area contributed by atoms with Crippen molar-refractivity contribution in [3.63, 3.8) is 0 Å². The lowest BCUT2D eigenvalue weighted by Gasteiger charge is -2.30. The monoisotopic (exact) mass is 395 g/mol. The average Bonchev–Trinajstić information content (AvgIpc) is 3.09. The Kier molecular flexibility index (Phi) is 7.91. The van der Waals surface area contributed by atoms with Gasteiger partial charge in [0.15, 0.2) is 0 Å². The highest BCUT2D eigenvalue weighted by Crippen LogP contribution is 2.24. The van der Waals surface area contributed by atoms with Crippen molar-refractivity contribution in [3.8, 4) is 5.75 Å². The van der Waals surface area contributed by atoms with Crippen LogP contribution in [0.4, 0.5) is 6.01 Å². The van der Waals surface area contributed by atoms with E-state index in [2.05, 4.69) is 15.1 Å². The molecule has 0 amide bonds. The lowest BCUT2D eigenvalue weighted by Crippen LogP contribution is -2.34. The van der Waals surface area contributed by atoms with Crippen LogP contribution in [0.25, 0.3) is 0 Å². The molecule has 1 saturated heterocycles. The smallest absolute Gasteiger partial charge is 0.338 e. The zero-order chi connectivity index (χ0) is 18.4. The van der Waals surface area contributed by atoms with E-state index in [1.54, 1.807) is 26.0 Å². The zero-order valence-corrected chi connectivity index (χ0v) is 16.5. The summed E-state index contributed by atoms with van der Waals surface area (Å²) < 4.78 is 16.3. The van der Waals surface area contributed by atoms with E-state index in [4.69, 9.17) is 13.9 Å². The number of carbonyl (C=O) groups excluding carboxylic acids is 1. The van der Waals surface area contributed by atoms with Gasteiger partial charge in [0.25, 0.3) is 0 Å². The topological polar surface area (TPSA) is 77.7 Å². The quantitative estimate of drug-likeness (QED) is 0.662. The molecule has 7 nitrogen and oxygen atoms in total. The fourth-order valence-corrected chi connectivity index (χ4v) is 3.07. The standard InChI is InChI=1S/C19H25N3O4.ClH/c1-3-24-18(23)16-4-6-17(7-5-16)25-13-10-15-8-11-22(12-9-15)19-21-20-14(2)26-19;/h4-7,15H,3,8-13H2,1-2H3;1H. The molecular weight excluding hydrogens is 370 g/mol. The lowest BCUT2D eigenvalue weighted by molar-refractivity contribution is 0.0526. The van der Waals surface area contributed by atoms with E-state index in [1.807, 2.05) is 12.1 Å². The molecule has 148 valence electrons. The van der Waals surface area contributed by atoms with Crippen LogP contribution < -0.4 is 9.64 Å². The minimum Gasteiger partial charge on any atom is -0.494 e. The van der Waals surface area contributed by atoms with Crippen LogP contribution in [0.1, 0.15) is 42.4 Å². The van der Waals surface area contributed by atoms with Crippen molar-refractivity contribution in [2.45, 2.75) is 33.1 Å². The number of anilines is 1. The molecule has 1 fully saturated rings. The molecule has 0 radical (unpaired) electrons. The van der Waals surface area contributed by atoms with E-state index in [1.165, 1.54) is 0 Å². The first kappa shape index (κ1) is 21.0. The summed E-state index contributed by atoms with van der Waals surface area (Å²) >= 11 is 0. The molecule has 0 spiro atoms. The molecule has 2 aromatic rings. The van der Waals surface area contributed by atoms with Gasteiger partial charge in [0.05, 0.1) is 18.8 Å². The molecule has 1 aromatic carbocycles. The summed E-state index contributed by atoms with van der Waals surface area (Å²) in [5.41, 5.74) is 0.544. The van der Waals surface area contributed by atoms with Gasteiger partial charge in [0.2, 0.25) is 5.89 Å². The van der Waals surface area contributed by atoms with Crippen LogP contribution in [-0.2, 0) is 4.74 Å². The normalized spacial score (nSPS) is 14.5. The Morgan fingerprint density at radius 3 is 2.52 bits per heavy atom. The molecule has 0 bridgehead atoms. The number of hydrogen-bond donors (Lipinski definition) is 0. The third-order valence-corrected chi connectivity index (χ3v) is 4.56. The molecule has 1 aliphatic rings. The summed E-state index contributed by atoms with van der Waals surface area (Å²) in [6, 6.07) is 7.72. The van der Waals surface area contributed by atoms with Crippen molar-refractivity contribution < 1.29 is 18.7 Å². The first-order chi connectivity index (χ1) is 12.7. The predicted molar refractivity (Wildman–Crippen MR) is 104 cm³/mol. The van der Waals surface area contributed by atoms with Crippen LogP contribution in [0.3, 0.4) is 0 Å². The van der Waals surface area contributed by atoms with Crippen molar-refractivity contribution >= 4 is 24.4 Å². The van der Waals surface area contributed by atoms with Crippen molar-refractivity contribution in [3.05, 3.63) is 35.7 Å². The summed E-state index contributed by atoms with van der Waals surface area (Å²) in [5, 5.41) is 7.96. The maximum atomic E-state index is 11.6. The Labute approximate surface area is 165 Å². The van der Waals surface area contributed by atoms with Gasteiger partial charge < -0.3 is 18.8 Å². The third-order valence-electron chi connectivity index (χ3n) is 4.56. The van der Waals surface area contributed by atoms with E-state index in [-0.39, 0.29) is 18.4 Å². The van der Waals surface area contributed by atoms with Crippen LogP contribution >= 0.6 is 12.4 Å². The zero-order valence-electron chi connectivity index (χ0n) is 15.7. The Hall–Kier alpha value is -2.28. The molecule has 0 unspecified atom stereocenters. The van der Waals surface area contributed by atoms with Crippen LogP contribution in [-0.4, -0.2) is 42.5 Å². The van der Waals surface area contributed by atoms with Gasteiger partial charge in [0, 0.05) is 20.0 Å². The number of hydrogen-bond acceptors (Lipinski definition) is 7. The van der Waals surface area contributed by atoms with Gasteiger partial charge in [-0.1, -0.05) is 5.10 Å². The van der Waals surface area contributed by atoms with E-state index in [0.717, 1.165) is 38.1 Å². The van der Waals surface area contributed by atoms with Gasteiger partial charge in [-0.25, -0.2) is 4.79 Å². The van der Waals surface area contributed by atoms with E-state index in [9.17, 15) is 4.79 Å². The molecule has 0 saturated carbocycles. The van der Waals surface area contributed by atoms with E-state index < -0.39 is 0 Å². The minimum absolute atomic E-state index is 0. The Bertz CT molecular complexity index is 712. The highest BCUT2D eigenvalue weighted by Gasteiger charge is 2.22. The summed E-state index contributed by atoms with van der Waals surface area (Å²) in [4.78, 5) is 13.8. The third kappa shape index (κ3) is 5.85. The van der Waals surface area contributed by atoms with Gasteiger partial charge in [-0.15, -0.1) is 17.5 Å². The summed E-state index contributed by atoms with van der Waals surface area (Å²) in [5.74, 6) is 1.71. The Morgan fingerprint density at radius 2 is 1.93 bits per heavy atom. The van der Waals surface area contributed by atoms with Crippen LogP contribution in [0.15, 0.2) is 28.7 Å². The fourth-order valence-electron chi connectivity index (χ4n) is 3.07. The molecular formula is C19H26ClN3O4. The SMILES string of the molecule is CCOC(=O)c1ccc(OCCC2CCN(c3nnc(C)o3)CC2)cc1.Cl. The molecule has 8 heteroatoms. The molecule has 27 heavy (non-hydrogen) atoms. The summed E-state index contributed by atoms with van der Waals surface area (Å²) in [6.45, 7) is 6.51. The van der Waals surface area contributed by atoms with E-state index in [0.29, 0.717) is 36.6 Å². The first-order valence-electron chi connectivity index (χ1n) is 9.10. The van der Waals surface area contributed by atoms with Gasteiger partial charge in [0.1, 0.15) is 5.75 Å². The van der Waals surface area contributed by atoms with Gasteiger partial charge >= 0.3 is 12.0 Å². The minimum atomic E-state index is -0.303. The molecule has 1 aromatic heterocycles. The second-order valence-electron chi connectivity index (χ2n) is 6.42. The maximum absolute atomic E-state index is 11.6. The number of piperidine rings is 1. The number of nitrogens with zero attached hydrogens (tertiary/aromatic N) is 3. The number of benzene rings is 1. The van der Waals surface area contributed by atoms with Crippen molar-refractivity contribution in [1.82, 2.24) is 10.2 Å². The first-order valence-corrected chi connectivity index (χ1v) is 9.10. The van der Waals surface area contributed by atoms with Crippen LogP contribution in [0, 0.1) is 12.8 Å². The van der Waals surface area contributed by atoms with Crippen molar-refractivity contribution in [1.29, 1.82) is 0 Å².